The first-order valence-corrected chi connectivity index (χ1v) is 18.3. The standard InChI is InChI=1S/C36H45N11O4/c1-24(18-45-23-40-43-44-45)51-34-14-26(2-3-27(34)15-37)28-16-38-36(39-17-28)41-33-19-46(42-35(33)50-20-25-10-12-48-13-11-25)29-4-6-30(7-5-29)47-31-8-9-32(47)22-49-21-31/h2-3,14,16-17,19,23-25,29-32H,4-13,18,20-22H2,1H3,(H,38,39,41)/t24-,29?,30?,31-,32+/m0/s1. The molecule has 3 aliphatic heterocycles. The lowest BCUT2D eigenvalue weighted by Gasteiger charge is -2.43. The van der Waals surface area contributed by atoms with Gasteiger partial charge >= 0.3 is 0 Å². The summed E-state index contributed by atoms with van der Waals surface area (Å²) in [4.78, 5) is 12.1. The van der Waals surface area contributed by atoms with Crippen molar-refractivity contribution < 1.29 is 18.9 Å². The first kappa shape index (κ1) is 33.5. The van der Waals surface area contributed by atoms with Crippen LogP contribution in [0.5, 0.6) is 11.6 Å². The van der Waals surface area contributed by atoms with Crippen LogP contribution in [0.4, 0.5) is 11.6 Å². The first-order valence-electron chi connectivity index (χ1n) is 18.3. The number of ether oxygens (including phenoxy) is 4. The summed E-state index contributed by atoms with van der Waals surface area (Å²) in [6.45, 7) is 6.25. The second-order valence-corrected chi connectivity index (χ2v) is 14.2. The number of morpholine rings is 1. The summed E-state index contributed by atoms with van der Waals surface area (Å²) in [5.41, 5.74) is 2.82. The fourth-order valence-electron chi connectivity index (χ4n) is 8.08. The highest BCUT2D eigenvalue weighted by molar-refractivity contribution is 5.67. The second kappa shape index (κ2) is 15.3. The Bertz CT molecular complexity index is 1760. The van der Waals surface area contributed by atoms with Crippen LogP contribution in [-0.2, 0) is 16.0 Å². The van der Waals surface area contributed by atoms with Crippen LogP contribution in [0, 0.1) is 17.2 Å². The molecule has 1 N–H and O–H groups in total. The number of nitriles is 1. The molecule has 3 aromatic heterocycles. The number of rotatable bonds is 12. The fourth-order valence-corrected chi connectivity index (χ4v) is 8.08. The molecule has 268 valence electrons. The zero-order chi connectivity index (χ0) is 34.6. The van der Waals surface area contributed by atoms with Crippen LogP contribution in [0.15, 0.2) is 43.1 Å². The summed E-state index contributed by atoms with van der Waals surface area (Å²) in [6.07, 6.45) is 15.9. The Kier molecular flexibility index (Phi) is 10.0. The molecular weight excluding hydrogens is 650 g/mol. The van der Waals surface area contributed by atoms with Gasteiger partial charge in [-0.05, 0) is 92.3 Å². The Labute approximate surface area is 297 Å². The summed E-state index contributed by atoms with van der Waals surface area (Å²) in [7, 11) is 0. The van der Waals surface area contributed by atoms with E-state index in [1.165, 1.54) is 32.0 Å². The number of nitrogens with zero attached hydrogens (tertiary/aromatic N) is 10. The Morgan fingerprint density at radius 1 is 0.941 bits per heavy atom. The quantitative estimate of drug-likeness (QED) is 0.220. The molecule has 0 amide bonds. The summed E-state index contributed by atoms with van der Waals surface area (Å²) < 4.78 is 27.6. The molecule has 4 aromatic rings. The van der Waals surface area contributed by atoms with E-state index in [4.69, 9.17) is 24.0 Å². The van der Waals surface area contributed by atoms with Gasteiger partial charge in [0.1, 0.15) is 29.9 Å². The highest BCUT2D eigenvalue weighted by atomic mass is 16.5. The number of hydrogen-bond acceptors (Lipinski definition) is 13. The van der Waals surface area contributed by atoms with E-state index in [1.807, 2.05) is 19.1 Å². The van der Waals surface area contributed by atoms with Crippen LogP contribution in [0.2, 0.25) is 0 Å². The maximum atomic E-state index is 9.70. The molecule has 2 bridgehead atoms. The molecule has 0 unspecified atom stereocenters. The van der Waals surface area contributed by atoms with Crippen LogP contribution in [-0.4, -0.2) is 102 Å². The molecule has 4 fully saturated rings. The maximum absolute atomic E-state index is 9.70. The van der Waals surface area contributed by atoms with Gasteiger partial charge < -0.3 is 24.3 Å². The van der Waals surface area contributed by atoms with Gasteiger partial charge in [0, 0.05) is 49.3 Å². The van der Waals surface area contributed by atoms with Crippen molar-refractivity contribution in [2.24, 2.45) is 5.92 Å². The Morgan fingerprint density at radius 2 is 1.69 bits per heavy atom. The van der Waals surface area contributed by atoms with E-state index < -0.39 is 0 Å². The van der Waals surface area contributed by atoms with Gasteiger partial charge in [0.15, 0.2) is 0 Å². The van der Waals surface area contributed by atoms with Gasteiger partial charge in [-0.15, -0.1) is 10.2 Å². The minimum absolute atomic E-state index is 0.266. The highest BCUT2D eigenvalue weighted by Gasteiger charge is 2.42. The van der Waals surface area contributed by atoms with Gasteiger partial charge in [0.2, 0.25) is 5.95 Å². The van der Waals surface area contributed by atoms with Gasteiger partial charge in [0.05, 0.1) is 44.2 Å². The van der Waals surface area contributed by atoms with E-state index in [9.17, 15) is 5.26 Å². The lowest BCUT2D eigenvalue weighted by atomic mass is 9.89. The van der Waals surface area contributed by atoms with Crippen LogP contribution < -0.4 is 14.8 Å². The molecule has 8 rings (SSSR count). The third-order valence-electron chi connectivity index (χ3n) is 10.8. The lowest BCUT2D eigenvalue weighted by molar-refractivity contribution is -0.0458. The highest BCUT2D eigenvalue weighted by Crippen LogP contribution is 2.40. The van der Waals surface area contributed by atoms with Crippen LogP contribution in [0.3, 0.4) is 0 Å². The number of fused-ring (bicyclic) bond motifs is 2. The molecule has 3 atom stereocenters. The Balaban J connectivity index is 0.956. The van der Waals surface area contributed by atoms with Crippen LogP contribution >= 0.6 is 0 Å². The number of nitrogens with one attached hydrogen (secondary N) is 1. The number of aromatic nitrogens is 8. The normalized spacial score (nSPS) is 24.5. The lowest BCUT2D eigenvalue weighted by Crippen LogP contribution is -2.52. The third kappa shape index (κ3) is 7.68. The minimum Gasteiger partial charge on any atom is -0.487 e. The predicted octanol–water partition coefficient (Wildman–Crippen LogP) is 4.56. The van der Waals surface area contributed by atoms with Crippen molar-refractivity contribution in [1.29, 1.82) is 5.26 Å². The van der Waals surface area contributed by atoms with Gasteiger partial charge in [0.25, 0.3) is 5.88 Å². The van der Waals surface area contributed by atoms with Crippen molar-refractivity contribution in [3.8, 4) is 28.8 Å². The average molecular weight is 696 g/mol. The van der Waals surface area contributed by atoms with E-state index in [0.717, 1.165) is 68.9 Å². The third-order valence-corrected chi connectivity index (χ3v) is 10.8. The van der Waals surface area contributed by atoms with Gasteiger partial charge in [-0.1, -0.05) is 6.07 Å². The summed E-state index contributed by atoms with van der Waals surface area (Å²) in [5, 5.41) is 29.3. The molecule has 15 nitrogen and oxygen atoms in total. The molecular formula is C36H45N11O4. The average Bonchev–Trinajstić information content (AvgIpc) is 3.89. The van der Waals surface area contributed by atoms with Crippen molar-refractivity contribution in [2.45, 2.75) is 95.1 Å². The second-order valence-electron chi connectivity index (χ2n) is 14.2. The minimum atomic E-state index is -0.266. The SMILES string of the molecule is C[C@@H](Cn1cnnn1)Oc1cc(-c2cnc(Nc3cn(C4CCC(N5[C@@H]6CC[C@H]5COC6)CC4)nc3OCC3CCOCC3)nc2)ccc1C#N. The number of hydrogen-bond donors (Lipinski definition) is 1. The molecule has 1 aromatic carbocycles. The smallest absolute Gasteiger partial charge is 0.256 e. The summed E-state index contributed by atoms with van der Waals surface area (Å²) in [6, 6.07) is 9.79. The van der Waals surface area contributed by atoms with Gasteiger partial charge in [-0.2, -0.15) is 5.26 Å². The van der Waals surface area contributed by atoms with Crippen molar-refractivity contribution >= 4 is 11.6 Å². The van der Waals surface area contributed by atoms with Crippen LogP contribution in [0.25, 0.3) is 11.1 Å². The molecule has 15 heteroatoms. The molecule has 6 heterocycles. The number of benzene rings is 1. The fraction of sp³-hybridized carbons (Fsp3) is 0.583. The Hall–Kier alpha value is -4.65. The van der Waals surface area contributed by atoms with Crippen molar-refractivity contribution in [3.05, 3.63) is 48.7 Å². The molecule has 51 heavy (non-hydrogen) atoms. The number of anilines is 2. The van der Waals surface area contributed by atoms with E-state index in [1.54, 1.807) is 23.1 Å². The molecule has 1 saturated carbocycles. The zero-order valence-electron chi connectivity index (χ0n) is 29.0. The van der Waals surface area contributed by atoms with Crippen LogP contribution in [0.1, 0.15) is 69.9 Å². The Morgan fingerprint density at radius 3 is 2.41 bits per heavy atom. The predicted molar refractivity (Wildman–Crippen MR) is 185 cm³/mol. The van der Waals surface area contributed by atoms with Gasteiger partial charge in [-0.25, -0.2) is 14.6 Å². The summed E-state index contributed by atoms with van der Waals surface area (Å²) in [5.74, 6) is 1.94. The first-order chi connectivity index (χ1) is 25.1. The van der Waals surface area contributed by atoms with E-state index in [0.29, 0.717) is 66.4 Å². The maximum Gasteiger partial charge on any atom is 0.256 e. The molecule has 0 spiro atoms. The van der Waals surface area contributed by atoms with Crippen molar-refractivity contribution in [2.75, 3.05) is 38.4 Å². The molecule has 1 aliphatic carbocycles. The van der Waals surface area contributed by atoms with Crippen molar-refractivity contribution in [1.82, 2.24) is 44.9 Å². The van der Waals surface area contributed by atoms with E-state index in [-0.39, 0.29) is 6.10 Å². The van der Waals surface area contributed by atoms with Crippen molar-refractivity contribution in [3.63, 3.8) is 0 Å². The molecule has 3 saturated heterocycles. The zero-order valence-corrected chi connectivity index (χ0v) is 29.0. The van der Waals surface area contributed by atoms with E-state index >= 15 is 0 Å². The topological polar surface area (TPSA) is 163 Å². The largest absolute Gasteiger partial charge is 0.487 e. The number of tetrazole rings is 1. The molecule has 4 aliphatic rings. The molecule has 0 radical (unpaired) electrons. The summed E-state index contributed by atoms with van der Waals surface area (Å²) >= 11 is 0. The monoisotopic (exact) mass is 695 g/mol. The van der Waals surface area contributed by atoms with E-state index in [2.05, 4.69) is 52.7 Å². The van der Waals surface area contributed by atoms with Gasteiger partial charge in [-0.3, -0.25) is 9.58 Å².